The SMILES string of the molecule is CCOC(=O)N1CC2(CC[C@@H](N3CCN(c4cc(F)cnc4-c4cc(F)nc(F)c4)CC3)C2)C1. The molecule has 1 saturated carbocycles. The van der Waals surface area contributed by atoms with Crippen LogP contribution < -0.4 is 4.90 Å². The molecule has 3 fully saturated rings. The molecule has 10 heteroatoms. The quantitative estimate of drug-likeness (QED) is 0.629. The molecular weight excluding hydrogens is 447 g/mol. The highest BCUT2D eigenvalue weighted by Crippen LogP contribution is 2.47. The number of rotatable bonds is 4. The normalized spacial score (nSPS) is 22.2. The smallest absolute Gasteiger partial charge is 0.409 e. The Hall–Kier alpha value is -2.88. The molecule has 0 radical (unpaired) electrons. The van der Waals surface area contributed by atoms with E-state index in [1.165, 1.54) is 6.07 Å². The van der Waals surface area contributed by atoms with Crippen LogP contribution in [0.4, 0.5) is 23.7 Å². The summed E-state index contributed by atoms with van der Waals surface area (Å²) in [5.41, 5.74) is 1.29. The second kappa shape index (κ2) is 9.05. The lowest BCUT2D eigenvalue weighted by atomic mass is 9.78. The number of amides is 1. The van der Waals surface area contributed by atoms with E-state index >= 15 is 0 Å². The van der Waals surface area contributed by atoms with E-state index in [-0.39, 0.29) is 17.1 Å². The molecule has 5 rings (SSSR count). The Morgan fingerprint density at radius 1 is 1.12 bits per heavy atom. The Bertz CT molecular complexity index is 1050. The molecule has 2 aromatic heterocycles. The van der Waals surface area contributed by atoms with E-state index in [1.807, 2.05) is 11.8 Å². The second-order valence-corrected chi connectivity index (χ2v) is 9.50. The lowest BCUT2D eigenvalue weighted by Crippen LogP contribution is -2.58. The zero-order valence-electron chi connectivity index (χ0n) is 19.1. The van der Waals surface area contributed by atoms with Crippen molar-refractivity contribution in [2.75, 3.05) is 50.8 Å². The molecule has 1 amide bonds. The summed E-state index contributed by atoms with van der Waals surface area (Å²) in [6, 6.07) is 4.05. The van der Waals surface area contributed by atoms with E-state index in [0.29, 0.717) is 37.1 Å². The molecule has 182 valence electrons. The summed E-state index contributed by atoms with van der Waals surface area (Å²) in [6.07, 6.45) is 4.09. The third kappa shape index (κ3) is 4.43. The van der Waals surface area contributed by atoms with Crippen molar-refractivity contribution in [2.24, 2.45) is 5.41 Å². The van der Waals surface area contributed by atoms with Crippen LogP contribution in [0.15, 0.2) is 24.4 Å². The molecule has 7 nitrogen and oxygen atoms in total. The van der Waals surface area contributed by atoms with Gasteiger partial charge >= 0.3 is 6.09 Å². The zero-order chi connectivity index (χ0) is 23.9. The van der Waals surface area contributed by atoms with Gasteiger partial charge in [0, 0.05) is 74.5 Å². The topological polar surface area (TPSA) is 61.8 Å². The minimum atomic E-state index is -0.940. The molecule has 0 bridgehead atoms. The number of likely N-dealkylation sites (tertiary alicyclic amines) is 1. The number of piperazine rings is 1. The van der Waals surface area contributed by atoms with Crippen LogP contribution in [-0.4, -0.2) is 77.8 Å². The number of hydrogen-bond acceptors (Lipinski definition) is 6. The summed E-state index contributed by atoms with van der Waals surface area (Å²) >= 11 is 0. The van der Waals surface area contributed by atoms with Gasteiger partial charge < -0.3 is 14.5 Å². The van der Waals surface area contributed by atoms with Crippen LogP contribution in [0.25, 0.3) is 11.3 Å². The van der Waals surface area contributed by atoms with E-state index in [9.17, 15) is 18.0 Å². The van der Waals surface area contributed by atoms with Crippen LogP contribution in [0.2, 0.25) is 0 Å². The first-order valence-electron chi connectivity index (χ1n) is 11.8. The Kier molecular flexibility index (Phi) is 6.09. The van der Waals surface area contributed by atoms with Crippen molar-refractivity contribution in [3.63, 3.8) is 0 Å². The molecule has 1 spiro atoms. The predicted molar refractivity (Wildman–Crippen MR) is 120 cm³/mol. The molecule has 0 unspecified atom stereocenters. The predicted octanol–water partition coefficient (Wildman–Crippen LogP) is 3.69. The van der Waals surface area contributed by atoms with Gasteiger partial charge in [0.2, 0.25) is 11.9 Å². The number of pyridine rings is 2. The molecule has 1 aliphatic carbocycles. The van der Waals surface area contributed by atoms with Crippen molar-refractivity contribution < 1.29 is 22.7 Å². The fourth-order valence-corrected chi connectivity index (χ4v) is 5.70. The molecular formula is C24H28F3N5O2. The van der Waals surface area contributed by atoms with Gasteiger partial charge in [-0.3, -0.25) is 9.88 Å². The average molecular weight is 476 g/mol. The maximum absolute atomic E-state index is 14.1. The maximum atomic E-state index is 14.1. The number of halogens is 3. The number of anilines is 1. The van der Waals surface area contributed by atoms with Gasteiger partial charge in [-0.05, 0) is 26.2 Å². The first-order valence-corrected chi connectivity index (χ1v) is 11.8. The standard InChI is InChI=1S/C24H28F3N5O2/c1-2-34-23(33)32-14-24(15-32)4-3-18(12-24)30-5-7-31(8-6-30)19-11-17(25)13-28-22(19)16-9-20(26)29-21(27)10-16/h9-11,13,18H,2-8,12,14-15H2,1H3/t18-/m1/s1. The highest BCUT2D eigenvalue weighted by molar-refractivity contribution is 5.75. The van der Waals surface area contributed by atoms with E-state index in [2.05, 4.69) is 14.9 Å². The van der Waals surface area contributed by atoms with Crippen LogP contribution in [0.5, 0.6) is 0 Å². The molecule has 34 heavy (non-hydrogen) atoms. The van der Waals surface area contributed by atoms with E-state index in [4.69, 9.17) is 4.74 Å². The molecule has 2 aromatic rings. The first kappa shape index (κ1) is 22.9. The summed E-state index contributed by atoms with van der Waals surface area (Å²) in [4.78, 5) is 25.5. The van der Waals surface area contributed by atoms with Crippen LogP contribution >= 0.6 is 0 Å². The Morgan fingerprint density at radius 2 is 1.82 bits per heavy atom. The number of hydrogen-bond donors (Lipinski definition) is 0. The molecule has 4 heterocycles. The van der Waals surface area contributed by atoms with Gasteiger partial charge in [-0.25, -0.2) is 9.18 Å². The molecule has 1 atom stereocenters. The fraction of sp³-hybridized carbons (Fsp3) is 0.542. The van der Waals surface area contributed by atoms with Gasteiger partial charge in [0.05, 0.1) is 24.2 Å². The summed E-state index contributed by atoms with van der Waals surface area (Å²) < 4.78 is 46.6. The minimum absolute atomic E-state index is 0.198. The molecule has 2 aliphatic heterocycles. The lowest BCUT2D eigenvalue weighted by Gasteiger charge is -2.48. The zero-order valence-corrected chi connectivity index (χ0v) is 19.1. The Labute approximate surface area is 196 Å². The summed E-state index contributed by atoms with van der Waals surface area (Å²) in [5.74, 6) is -2.38. The van der Waals surface area contributed by atoms with Crippen LogP contribution in [0.3, 0.4) is 0 Å². The van der Waals surface area contributed by atoms with Gasteiger partial charge in [-0.15, -0.1) is 0 Å². The van der Waals surface area contributed by atoms with Gasteiger partial charge in [-0.2, -0.15) is 13.8 Å². The van der Waals surface area contributed by atoms with Crippen molar-refractivity contribution in [3.8, 4) is 11.3 Å². The number of aromatic nitrogens is 2. The van der Waals surface area contributed by atoms with E-state index < -0.39 is 17.7 Å². The van der Waals surface area contributed by atoms with Crippen molar-refractivity contribution in [3.05, 3.63) is 42.1 Å². The third-order valence-corrected chi connectivity index (χ3v) is 7.30. The molecule has 0 aromatic carbocycles. The molecule has 3 aliphatic rings. The molecule has 2 saturated heterocycles. The number of carbonyl (C=O) groups is 1. The number of nitrogens with zero attached hydrogens (tertiary/aromatic N) is 5. The minimum Gasteiger partial charge on any atom is -0.450 e. The summed E-state index contributed by atoms with van der Waals surface area (Å²) in [7, 11) is 0. The third-order valence-electron chi connectivity index (χ3n) is 7.30. The van der Waals surface area contributed by atoms with E-state index in [1.54, 1.807) is 4.90 Å². The van der Waals surface area contributed by atoms with Gasteiger partial charge in [0.25, 0.3) is 0 Å². The Morgan fingerprint density at radius 3 is 2.50 bits per heavy atom. The van der Waals surface area contributed by atoms with Crippen molar-refractivity contribution in [2.45, 2.75) is 32.2 Å². The first-order chi connectivity index (χ1) is 16.4. The average Bonchev–Trinajstić information content (AvgIpc) is 3.24. The van der Waals surface area contributed by atoms with Crippen LogP contribution in [-0.2, 0) is 4.74 Å². The number of ether oxygens (including phenoxy) is 1. The highest BCUT2D eigenvalue weighted by atomic mass is 19.1. The van der Waals surface area contributed by atoms with Gasteiger partial charge in [-0.1, -0.05) is 0 Å². The van der Waals surface area contributed by atoms with Crippen molar-refractivity contribution in [1.29, 1.82) is 0 Å². The van der Waals surface area contributed by atoms with Crippen molar-refractivity contribution in [1.82, 2.24) is 19.8 Å². The van der Waals surface area contributed by atoms with Gasteiger partial charge in [0.15, 0.2) is 0 Å². The summed E-state index contributed by atoms with van der Waals surface area (Å²) in [5, 5.41) is 0. The monoisotopic (exact) mass is 475 g/mol. The fourth-order valence-electron chi connectivity index (χ4n) is 5.70. The molecule has 0 N–H and O–H groups in total. The van der Waals surface area contributed by atoms with Crippen molar-refractivity contribution >= 4 is 11.8 Å². The second-order valence-electron chi connectivity index (χ2n) is 9.50. The van der Waals surface area contributed by atoms with Crippen LogP contribution in [0, 0.1) is 23.1 Å². The maximum Gasteiger partial charge on any atom is 0.409 e. The van der Waals surface area contributed by atoms with E-state index in [0.717, 1.165) is 63.8 Å². The largest absolute Gasteiger partial charge is 0.450 e. The lowest BCUT2D eigenvalue weighted by molar-refractivity contribution is -0.00294. The highest BCUT2D eigenvalue weighted by Gasteiger charge is 2.51. The number of carbonyl (C=O) groups excluding carboxylic acids is 1. The van der Waals surface area contributed by atoms with Crippen LogP contribution in [0.1, 0.15) is 26.2 Å². The van der Waals surface area contributed by atoms with Gasteiger partial charge in [0.1, 0.15) is 5.82 Å². The summed E-state index contributed by atoms with van der Waals surface area (Å²) in [6.45, 7) is 6.66. The Balaban J connectivity index is 1.23.